The molecule has 1 saturated heterocycles. The van der Waals surface area contributed by atoms with Crippen LogP contribution in [0, 0.1) is 0 Å². The lowest BCUT2D eigenvalue weighted by Gasteiger charge is -2.26. The van der Waals surface area contributed by atoms with E-state index in [4.69, 9.17) is 18.9 Å². The first-order valence-corrected chi connectivity index (χ1v) is 12.5. The van der Waals surface area contributed by atoms with Gasteiger partial charge in [0, 0.05) is 19.6 Å². The number of benzene rings is 2. The standard InChI is InChI=1S/C23H25N3O7S/c1-2-7-26-19-5-4-17(34(28,29)25-8-10-30-11-9-25)13-18(19)24-22(26)14-31-23(27)16-3-6-20-21(12-16)33-15-32-20/h3-6,12-13H,2,7-11,14-15H2,1H3. The third kappa shape index (κ3) is 4.22. The van der Waals surface area contributed by atoms with Crippen molar-refractivity contribution in [2.24, 2.45) is 0 Å². The first-order chi connectivity index (χ1) is 16.5. The third-order valence-corrected chi connectivity index (χ3v) is 7.69. The lowest BCUT2D eigenvalue weighted by molar-refractivity contribution is 0.0458. The summed E-state index contributed by atoms with van der Waals surface area (Å²) in [5.41, 5.74) is 1.68. The molecule has 180 valence electrons. The minimum atomic E-state index is -3.64. The average Bonchev–Trinajstić information content (AvgIpc) is 3.47. The number of sulfonamides is 1. The summed E-state index contributed by atoms with van der Waals surface area (Å²) in [5, 5.41) is 0. The van der Waals surface area contributed by atoms with E-state index in [-0.39, 0.29) is 18.3 Å². The molecule has 0 spiro atoms. The molecule has 1 aromatic heterocycles. The van der Waals surface area contributed by atoms with E-state index in [0.29, 0.717) is 61.3 Å². The number of aromatic nitrogens is 2. The maximum Gasteiger partial charge on any atom is 0.338 e. The quantitative estimate of drug-likeness (QED) is 0.468. The van der Waals surface area contributed by atoms with Crippen molar-refractivity contribution in [2.45, 2.75) is 31.4 Å². The summed E-state index contributed by atoms with van der Waals surface area (Å²) in [5.74, 6) is 1.13. The first kappa shape index (κ1) is 22.6. The van der Waals surface area contributed by atoms with Crippen LogP contribution in [0.25, 0.3) is 11.0 Å². The lowest BCUT2D eigenvalue weighted by Crippen LogP contribution is -2.40. The number of hydrogen-bond donors (Lipinski definition) is 0. The molecule has 0 aliphatic carbocycles. The summed E-state index contributed by atoms with van der Waals surface area (Å²) in [6.45, 7) is 4.18. The van der Waals surface area contributed by atoms with E-state index in [1.54, 1.807) is 36.4 Å². The smallest absolute Gasteiger partial charge is 0.338 e. The Kier molecular flexibility index (Phi) is 6.15. The molecule has 0 bridgehead atoms. The summed E-state index contributed by atoms with van der Waals surface area (Å²) in [7, 11) is -3.64. The molecule has 0 atom stereocenters. The predicted molar refractivity (Wildman–Crippen MR) is 121 cm³/mol. The Bertz CT molecular complexity index is 1330. The summed E-state index contributed by atoms with van der Waals surface area (Å²) < 4.78 is 50.9. The molecule has 0 unspecified atom stereocenters. The Morgan fingerprint density at radius 2 is 1.88 bits per heavy atom. The van der Waals surface area contributed by atoms with Crippen LogP contribution >= 0.6 is 0 Å². The number of rotatable bonds is 7. The van der Waals surface area contributed by atoms with Crippen LogP contribution < -0.4 is 9.47 Å². The zero-order valence-electron chi connectivity index (χ0n) is 18.7. The van der Waals surface area contributed by atoms with E-state index in [1.165, 1.54) is 4.31 Å². The molecule has 11 heteroatoms. The van der Waals surface area contributed by atoms with Crippen LogP contribution in [-0.2, 0) is 32.6 Å². The monoisotopic (exact) mass is 487 g/mol. The Balaban J connectivity index is 1.39. The number of ether oxygens (including phenoxy) is 4. The van der Waals surface area contributed by atoms with Gasteiger partial charge in [0.1, 0.15) is 12.4 Å². The van der Waals surface area contributed by atoms with Crippen molar-refractivity contribution in [3.05, 3.63) is 47.8 Å². The molecule has 2 aliphatic rings. The van der Waals surface area contributed by atoms with Gasteiger partial charge in [-0.1, -0.05) is 6.92 Å². The Morgan fingerprint density at radius 1 is 1.09 bits per heavy atom. The molecule has 5 rings (SSSR count). The van der Waals surface area contributed by atoms with E-state index >= 15 is 0 Å². The van der Waals surface area contributed by atoms with Crippen LogP contribution in [0.4, 0.5) is 0 Å². The molecule has 34 heavy (non-hydrogen) atoms. The first-order valence-electron chi connectivity index (χ1n) is 11.1. The van der Waals surface area contributed by atoms with Gasteiger partial charge in [-0.3, -0.25) is 0 Å². The number of carbonyl (C=O) groups excluding carboxylic acids is 1. The zero-order valence-corrected chi connectivity index (χ0v) is 19.5. The zero-order chi connectivity index (χ0) is 23.7. The van der Waals surface area contributed by atoms with Crippen molar-refractivity contribution in [3.63, 3.8) is 0 Å². The lowest BCUT2D eigenvalue weighted by atomic mass is 10.2. The van der Waals surface area contributed by atoms with Gasteiger partial charge in [0.15, 0.2) is 11.5 Å². The highest BCUT2D eigenvalue weighted by Crippen LogP contribution is 2.32. The molecule has 2 aromatic carbocycles. The molecule has 0 saturated carbocycles. The normalized spacial score (nSPS) is 16.1. The van der Waals surface area contributed by atoms with Crippen LogP contribution in [0.1, 0.15) is 29.5 Å². The maximum atomic E-state index is 13.0. The Hall–Kier alpha value is -3.15. The van der Waals surface area contributed by atoms with Crippen LogP contribution in [0.15, 0.2) is 41.3 Å². The summed E-state index contributed by atoms with van der Waals surface area (Å²) >= 11 is 0. The summed E-state index contributed by atoms with van der Waals surface area (Å²) in [6.07, 6.45) is 0.836. The number of imidazole rings is 1. The van der Waals surface area contributed by atoms with Crippen molar-refractivity contribution in [1.29, 1.82) is 0 Å². The number of fused-ring (bicyclic) bond motifs is 2. The topological polar surface area (TPSA) is 109 Å². The number of hydrogen-bond acceptors (Lipinski definition) is 8. The molecule has 0 N–H and O–H groups in total. The van der Waals surface area contributed by atoms with Crippen molar-refractivity contribution >= 4 is 27.0 Å². The van der Waals surface area contributed by atoms with Crippen molar-refractivity contribution in [3.8, 4) is 11.5 Å². The predicted octanol–water partition coefficient (Wildman–Crippen LogP) is 2.55. The van der Waals surface area contributed by atoms with Crippen LogP contribution in [0.5, 0.6) is 11.5 Å². The SMILES string of the molecule is CCCn1c(COC(=O)c2ccc3c(c2)OCO3)nc2cc(S(=O)(=O)N3CCOCC3)ccc21. The van der Waals surface area contributed by atoms with Gasteiger partial charge in [-0.25, -0.2) is 18.2 Å². The molecule has 2 aliphatic heterocycles. The van der Waals surface area contributed by atoms with Crippen molar-refractivity contribution in [2.75, 3.05) is 33.1 Å². The van der Waals surface area contributed by atoms with E-state index in [9.17, 15) is 13.2 Å². The Labute approximate surface area is 197 Å². The van der Waals surface area contributed by atoms with Crippen molar-refractivity contribution in [1.82, 2.24) is 13.9 Å². The highest BCUT2D eigenvalue weighted by molar-refractivity contribution is 7.89. The third-order valence-electron chi connectivity index (χ3n) is 5.79. The molecule has 3 aromatic rings. The van der Waals surface area contributed by atoms with E-state index in [1.807, 2.05) is 11.5 Å². The molecule has 3 heterocycles. The second-order valence-corrected chi connectivity index (χ2v) is 9.93. The fourth-order valence-corrected chi connectivity index (χ4v) is 5.50. The van der Waals surface area contributed by atoms with Gasteiger partial charge < -0.3 is 23.5 Å². The molecular formula is C23H25N3O7S. The second kappa shape index (κ2) is 9.24. The number of nitrogens with zero attached hydrogens (tertiary/aromatic N) is 3. The summed E-state index contributed by atoms with van der Waals surface area (Å²) in [6, 6.07) is 9.81. The van der Waals surface area contributed by atoms with Gasteiger partial charge in [0.2, 0.25) is 16.8 Å². The van der Waals surface area contributed by atoms with Gasteiger partial charge in [0.25, 0.3) is 0 Å². The fraction of sp³-hybridized carbons (Fsp3) is 0.391. The van der Waals surface area contributed by atoms with Gasteiger partial charge in [-0.2, -0.15) is 4.31 Å². The van der Waals surface area contributed by atoms with Gasteiger partial charge in [0.05, 0.1) is 34.7 Å². The second-order valence-electron chi connectivity index (χ2n) is 7.99. The highest BCUT2D eigenvalue weighted by Gasteiger charge is 2.27. The number of aryl methyl sites for hydroxylation is 1. The van der Waals surface area contributed by atoms with Crippen LogP contribution in [-0.4, -0.2) is 61.3 Å². The molecular weight excluding hydrogens is 462 g/mol. The van der Waals surface area contributed by atoms with Gasteiger partial charge in [-0.05, 0) is 42.8 Å². The van der Waals surface area contributed by atoms with Crippen LogP contribution in [0.3, 0.4) is 0 Å². The molecule has 0 amide bonds. The van der Waals surface area contributed by atoms with E-state index < -0.39 is 16.0 Å². The maximum absolute atomic E-state index is 13.0. The van der Waals surface area contributed by atoms with E-state index in [0.717, 1.165) is 11.9 Å². The number of esters is 1. The van der Waals surface area contributed by atoms with Crippen LogP contribution in [0.2, 0.25) is 0 Å². The number of morpholine rings is 1. The minimum Gasteiger partial charge on any atom is -0.454 e. The van der Waals surface area contributed by atoms with Crippen molar-refractivity contribution < 1.29 is 32.2 Å². The average molecular weight is 488 g/mol. The Morgan fingerprint density at radius 3 is 2.68 bits per heavy atom. The number of carbonyl (C=O) groups is 1. The highest BCUT2D eigenvalue weighted by atomic mass is 32.2. The molecule has 10 nitrogen and oxygen atoms in total. The fourth-order valence-electron chi connectivity index (χ4n) is 4.08. The largest absolute Gasteiger partial charge is 0.454 e. The molecule has 1 fully saturated rings. The van der Waals surface area contributed by atoms with Gasteiger partial charge >= 0.3 is 5.97 Å². The van der Waals surface area contributed by atoms with E-state index in [2.05, 4.69) is 4.98 Å². The minimum absolute atomic E-state index is 0.0481. The van der Waals surface area contributed by atoms with Gasteiger partial charge in [-0.15, -0.1) is 0 Å². The molecule has 0 radical (unpaired) electrons. The summed E-state index contributed by atoms with van der Waals surface area (Å²) in [4.78, 5) is 17.4.